The number of hydrogen-bond acceptors (Lipinski definition) is 4. The van der Waals surface area contributed by atoms with Crippen molar-refractivity contribution in [1.29, 1.82) is 5.26 Å². The zero-order valence-electron chi connectivity index (χ0n) is 8.79. The molecule has 15 heavy (non-hydrogen) atoms. The van der Waals surface area contributed by atoms with Crippen molar-refractivity contribution in [1.82, 2.24) is 0 Å². The average Bonchev–Trinajstić information content (AvgIpc) is 2.25. The molecule has 0 aliphatic rings. The van der Waals surface area contributed by atoms with Crippen LogP contribution in [0.15, 0.2) is 18.2 Å². The van der Waals surface area contributed by atoms with Crippen molar-refractivity contribution in [2.75, 3.05) is 30.8 Å². The van der Waals surface area contributed by atoms with E-state index in [4.69, 9.17) is 15.7 Å². The maximum Gasteiger partial charge on any atom is 0.101 e. The van der Waals surface area contributed by atoms with Crippen LogP contribution in [-0.4, -0.2) is 19.8 Å². The molecule has 0 atom stereocenters. The van der Waals surface area contributed by atoms with Crippen LogP contribution in [0.25, 0.3) is 0 Å². The van der Waals surface area contributed by atoms with E-state index in [1.807, 2.05) is 19.1 Å². The molecule has 0 spiro atoms. The van der Waals surface area contributed by atoms with Gasteiger partial charge >= 0.3 is 0 Å². The lowest BCUT2D eigenvalue weighted by molar-refractivity contribution is 0.158. The second-order valence-electron chi connectivity index (χ2n) is 3.04. The first-order valence-electron chi connectivity index (χ1n) is 4.89. The van der Waals surface area contributed by atoms with Gasteiger partial charge in [0.05, 0.1) is 17.9 Å². The van der Waals surface area contributed by atoms with E-state index in [2.05, 4.69) is 5.32 Å². The molecule has 0 aromatic heterocycles. The summed E-state index contributed by atoms with van der Waals surface area (Å²) >= 11 is 0. The Morgan fingerprint density at radius 3 is 2.93 bits per heavy atom. The minimum absolute atomic E-state index is 0.499. The van der Waals surface area contributed by atoms with Gasteiger partial charge in [0, 0.05) is 18.8 Å². The van der Waals surface area contributed by atoms with Gasteiger partial charge in [-0.25, -0.2) is 0 Å². The van der Waals surface area contributed by atoms with E-state index in [1.165, 1.54) is 0 Å². The van der Waals surface area contributed by atoms with Crippen LogP contribution in [0.5, 0.6) is 0 Å². The Morgan fingerprint density at radius 2 is 2.33 bits per heavy atom. The zero-order valence-corrected chi connectivity index (χ0v) is 8.79. The fraction of sp³-hybridized carbons (Fsp3) is 0.364. The smallest absolute Gasteiger partial charge is 0.101 e. The van der Waals surface area contributed by atoms with Gasteiger partial charge in [0.15, 0.2) is 0 Å². The topological polar surface area (TPSA) is 71.1 Å². The molecule has 0 heterocycles. The van der Waals surface area contributed by atoms with Gasteiger partial charge in [-0.15, -0.1) is 0 Å². The van der Waals surface area contributed by atoms with Gasteiger partial charge in [0.25, 0.3) is 0 Å². The number of anilines is 2. The quantitative estimate of drug-likeness (QED) is 0.565. The van der Waals surface area contributed by atoms with Gasteiger partial charge < -0.3 is 15.8 Å². The van der Waals surface area contributed by atoms with Crippen LogP contribution in [0, 0.1) is 11.3 Å². The van der Waals surface area contributed by atoms with Crippen LogP contribution in [0.3, 0.4) is 0 Å². The molecule has 1 rings (SSSR count). The molecule has 0 saturated heterocycles. The standard InChI is InChI=1S/C11H15N3O/c1-2-15-6-5-14-10-4-3-9(8-12)11(13)7-10/h3-4,7,14H,2,5-6,13H2,1H3. The highest BCUT2D eigenvalue weighted by Gasteiger charge is 1.98. The van der Waals surface area contributed by atoms with Crippen molar-refractivity contribution in [3.63, 3.8) is 0 Å². The van der Waals surface area contributed by atoms with E-state index in [-0.39, 0.29) is 0 Å². The Morgan fingerprint density at radius 1 is 1.53 bits per heavy atom. The van der Waals surface area contributed by atoms with Crippen LogP contribution >= 0.6 is 0 Å². The lowest BCUT2D eigenvalue weighted by atomic mass is 10.2. The number of hydrogen-bond donors (Lipinski definition) is 2. The molecule has 1 aromatic carbocycles. The van der Waals surface area contributed by atoms with Crippen molar-refractivity contribution >= 4 is 11.4 Å². The number of ether oxygens (including phenoxy) is 1. The van der Waals surface area contributed by atoms with Crippen LogP contribution in [-0.2, 0) is 4.74 Å². The lowest BCUT2D eigenvalue weighted by Gasteiger charge is -2.07. The van der Waals surface area contributed by atoms with Gasteiger partial charge in [-0.1, -0.05) is 0 Å². The second-order valence-corrected chi connectivity index (χ2v) is 3.04. The van der Waals surface area contributed by atoms with Crippen molar-refractivity contribution in [3.8, 4) is 6.07 Å². The Hall–Kier alpha value is -1.73. The van der Waals surface area contributed by atoms with Gasteiger partial charge in [0.2, 0.25) is 0 Å². The molecule has 0 amide bonds. The summed E-state index contributed by atoms with van der Waals surface area (Å²) in [5.74, 6) is 0. The number of nitrogen functional groups attached to an aromatic ring is 1. The van der Waals surface area contributed by atoms with Gasteiger partial charge in [-0.3, -0.25) is 0 Å². The number of nitriles is 1. The summed E-state index contributed by atoms with van der Waals surface area (Å²) in [6, 6.07) is 7.32. The minimum Gasteiger partial charge on any atom is -0.398 e. The van der Waals surface area contributed by atoms with Gasteiger partial charge in [-0.2, -0.15) is 5.26 Å². The van der Waals surface area contributed by atoms with E-state index < -0.39 is 0 Å². The van der Waals surface area contributed by atoms with Crippen molar-refractivity contribution < 1.29 is 4.74 Å². The fourth-order valence-electron chi connectivity index (χ4n) is 1.19. The first kappa shape index (κ1) is 11.3. The minimum atomic E-state index is 0.499. The van der Waals surface area contributed by atoms with Gasteiger partial charge in [0.1, 0.15) is 6.07 Å². The molecule has 0 bridgehead atoms. The first-order valence-corrected chi connectivity index (χ1v) is 4.89. The zero-order chi connectivity index (χ0) is 11.1. The monoisotopic (exact) mass is 205 g/mol. The van der Waals surface area contributed by atoms with E-state index in [0.29, 0.717) is 17.9 Å². The van der Waals surface area contributed by atoms with Crippen LogP contribution in [0.4, 0.5) is 11.4 Å². The highest BCUT2D eigenvalue weighted by Crippen LogP contribution is 2.16. The molecule has 0 saturated carbocycles. The Balaban J connectivity index is 2.49. The van der Waals surface area contributed by atoms with Crippen LogP contribution < -0.4 is 11.1 Å². The van der Waals surface area contributed by atoms with E-state index in [9.17, 15) is 0 Å². The number of rotatable bonds is 5. The molecule has 0 aliphatic heterocycles. The lowest BCUT2D eigenvalue weighted by Crippen LogP contribution is -2.09. The molecule has 0 aliphatic carbocycles. The normalized spacial score (nSPS) is 9.60. The molecular weight excluding hydrogens is 190 g/mol. The average molecular weight is 205 g/mol. The molecule has 1 aromatic rings. The van der Waals surface area contributed by atoms with Crippen LogP contribution in [0.1, 0.15) is 12.5 Å². The molecule has 4 nitrogen and oxygen atoms in total. The molecule has 80 valence electrons. The number of nitrogens with two attached hydrogens (primary N) is 1. The number of benzene rings is 1. The molecule has 4 heteroatoms. The van der Waals surface area contributed by atoms with Crippen molar-refractivity contribution in [2.45, 2.75) is 6.92 Å². The molecule has 0 fully saturated rings. The van der Waals surface area contributed by atoms with Crippen molar-refractivity contribution in [2.24, 2.45) is 0 Å². The molecule has 3 N–H and O–H groups in total. The third kappa shape index (κ3) is 3.49. The van der Waals surface area contributed by atoms with E-state index >= 15 is 0 Å². The van der Waals surface area contributed by atoms with E-state index in [1.54, 1.807) is 12.1 Å². The largest absolute Gasteiger partial charge is 0.398 e. The maximum absolute atomic E-state index is 8.68. The molecular formula is C11H15N3O. The maximum atomic E-state index is 8.68. The first-order chi connectivity index (χ1) is 7.27. The third-order valence-electron chi connectivity index (χ3n) is 1.95. The SMILES string of the molecule is CCOCCNc1ccc(C#N)c(N)c1. The van der Waals surface area contributed by atoms with E-state index in [0.717, 1.165) is 18.8 Å². The summed E-state index contributed by atoms with van der Waals surface area (Å²) in [4.78, 5) is 0. The number of nitrogens with one attached hydrogen (secondary N) is 1. The predicted molar refractivity (Wildman–Crippen MR) is 60.6 cm³/mol. The Kier molecular flexibility index (Phi) is 4.45. The number of nitrogens with zero attached hydrogens (tertiary/aromatic N) is 1. The summed E-state index contributed by atoms with van der Waals surface area (Å²) in [6.07, 6.45) is 0. The summed E-state index contributed by atoms with van der Waals surface area (Å²) in [7, 11) is 0. The van der Waals surface area contributed by atoms with Gasteiger partial charge in [-0.05, 0) is 25.1 Å². The highest BCUT2D eigenvalue weighted by molar-refractivity contribution is 5.62. The second kappa shape index (κ2) is 5.89. The van der Waals surface area contributed by atoms with Crippen molar-refractivity contribution in [3.05, 3.63) is 23.8 Å². The fourth-order valence-corrected chi connectivity index (χ4v) is 1.19. The molecule has 0 unspecified atom stereocenters. The molecule has 0 radical (unpaired) electrons. The summed E-state index contributed by atoms with van der Waals surface area (Å²) in [5.41, 5.74) is 7.58. The predicted octanol–water partition coefficient (Wildman–Crippen LogP) is 1.59. The highest BCUT2D eigenvalue weighted by atomic mass is 16.5. The third-order valence-corrected chi connectivity index (χ3v) is 1.95. The Bertz CT molecular complexity index is 357. The summed E-state index contributed by atoms with van der Waals surface area (Å²) in [6.45, 7) is 4.08. The Labute approximate surface area is 89.7 Å². The summed E-state index contributed by atoms with van der Waals surface area (Å²) < 4.78 is 5.18. The van der Waals surface area contributed by atoms with Crippen LogP contribution in [0.2, 0.25) is 0 Å². The summed E-state index contributed by atoms with van der Waals surface area (Å²) in [5, 5.41) is 11.8.